The highest BCUT2D eigenvalue weighted by Crippen LogP contribution is 2.10. The number of carboxylic acid groups (broad SMARTS) is 1. The first kappa shape index (κ1) is 20.3. The lowest BCUT2D eigenvalue weighted by Crippen LogP contribution is -2.06. The molecule has 0 radical (unpaired) electrons. The molecule has 21 heavy (non-hydrogen) atoms. The largest absolute Gasteiger partial charge is 0.481 e. The Morgan fingerprint density at radius 2 is 1.29 bits per heavy atom. The summed E-state index contributed by atoms with van der Waals surface area (Å²) in [4.78, 5) is 10.3. The van der Waals surface area contributed by atoms with Crippen LogP contribution < -0.4 is 0 Å². The fourth-order valence-electron chi connectivity index (χ4n) is 2.04. The maximum atomic E-state index is 10.3. The predicted molar refractivity (Wildman–Crippen MR) is 82.5 cm³/mol. The topological polar surface area (TPSA) is 65.0 Å². The van der Waals surface area contributed by atoms with Crippen LogP contribution in [0.15, 0.2) is 0 Å². The summed E-state index contributed by atoms with van der Waals surface area (Å²) < 4.78 is 15.4. The zero-order chi connectivity index (χ0) is 15.6. The van der Waals surface area contributed by atoms with E-state index < -0.39 is 5.97 Å². The van der Waals surface area contributed by atoms with Gasteiger partial charge < -0.3 is 19.3 Å². The Morgan fingerprint density at radius 1 is 0.762 bits per heavy atom. The van der Waals surface area contributed by atoms with Gasteiger partial charge in [-0.25, -0.2) is 0 Å². The number of hydrogen-bond donors (Lipinski definition) is 1. The Labute approximate surface area is 129 Å². The van der Waals surface area contributed by atoms with Crippen molar-refractivity contribution in [1.29, 1.82) is 0 Å². The van der Waals surface area contributed by atoms with E-state index in [-0.39, 0.29) is 0 Å². The highest BCUT2D eigenvalue weighted by Gasteiger charge is 1.97. The minimum absolute atomic E-state index is 0.315. The Hall–Kier alpha value is -0.650. The molecular weight excluding hydrogens is 272 g/mol. The van der Waals surface area contributed by atoms with Gasteiger partial charge in [0.2, 0.25) is 0 Å². The number of carbonyl (C=O) groups is 1. The van der Waals surface area contributed by atoms with Crippen molar-refractivity contribution in [3.05, 3.63) is 0 Å². The second-order valence-electron chi connectivity index (χ2n) is 5.25. The van der Waals surface area contributed by atoms with Crippen LogP contribution in [-0.4, -0.2) is 44.8 Å². The normalized spacial score (nSPS) is 10.9. The molecule has 0 saturated carbocycles. The molecule has 5 heteroatoms. The molecule has 1 N–H and O–H groups in total. The highest BCUT2D eigenvalue weighted by molar-refractivity contribution is 5.66. The van der Waals surface area contributed by atoms with Gasteiger partial charge in [-0.2, -0.15) is 0 Å². The van der Waals surface area contributed by atoms with Crippen LogP contribution in [-0.2, 0) is 19.0 Å². The highest BCUT2D eigenvalue weighted by atomic mass is 16.7. The van der Waals surface area contributed by atoms with Crippen LogP contribution in [0, 0.1) is 0 Å². The SMILES string of the molecule is COCCOCOCCCCCCCCCCCC(=O)O. The van der Waals surface area contributed by atoms with Gasteiger partial charge in [-0.3, -0.25) is 4.79 Å². The molecular formula is C16H32O5. The van der Waals surface area contributed by atoms with Crippen LogP contribution in [0.5, 0.6) is 0 Å². The van der Waals surface area contributed by atoms with E-state index in [0.717, 1.165) is 32.3 Å². The van der Waals surface area contributed by atoms with Gasteiger partial charge in [0.15, 0.2) is 0 Å². The molecule has 0 aromatic carbocycles. The van der Waals surface area contributed by atoms with E-state index >= 15 is 0 Å². The van der Waals surface area contributed by atoms with Crippen LogP contribution in [0.2, 0.25) is 0 Å². The molecule has 0 amide bonds. The summed E-state index contributed by atoms with van der Waals surface area (Å²) >= 11 is 0. The first-order valence-electron chi connectivity index (χ1n) is 8.13. The minimum atomic E-state index is -0.679. The predicted octanol–water partition coefficient (Wildman–Crippen LogP) is 3.61. The summed E-state index contributed by atoms with van der Waals surface area (Å²) in [7, 11) is 1.65. The zero-order valence-corrected chi connectivity index (χ0v) is 13.5. The third kappa shape index (κ3) is 19.4. The molecule has 0 spiro atoms. The minimum Gasteiger partial charge on any atom is -0.481 e. The number of hydrogen-bond acceptors (Lipinski definition) is 4. The smallest absolute Gasteiger partial charge is 0.303 e. The van der Waals surface area contributed by atoms with Gasteiger partial charge >= 0.3 is 5.97 Å². The molecule has 0 rings (SSSR count). The van der Waals surface area contributed by atoms with E-state index in [1.54, 1.807) is 7.11 Å². The van der Waals surface area contributed by atoms with Crippen molar-refractivity contribution in [3.63, 3.8) is 0 Å². The van der Waals surface area contributed by atoms with Crippen LogP contribution in [0.4, 0.5) is 0 Å². The van der Waals surface area contributed by atoms with Crippen LogP contribution in [0.1, 0.15) is 64.2 Å². The Kier molecular flexibility index (Phi) is 16.9. The molecule has 0 aliphatic heterocycles. The standard InChI is InChI=1S/C16H32O5/c1-19-13-14-21-15-20-12-10-8-6-4-2-3-5-7-9-11-16(17)18/h2-15H2,1H3,(H,17,18). The summed E-state index contributed by atoms with van der Waals surface area (Å²) in [6.07, 6.45) is 10.6. The maximum Gasteiger partial charge on any atom is 0.303 e. The summed E-state index contributed by atoms with van der Waals surface area (Å²) in [6, 6.07) is 0. The average Bonchev–Trinajstić information content (AvgIpc) is 2.46. The van der Waals surface area contributed by atoms with Crippen molar-refractivity contribution in [2.45, 2.75) is 64.2 Å². The Morgan fingerprint density at radius 3 is 1.86 bits per heavy atom. The van der Waals surface area contributed by atoms with Gasteiger partial charge in [-0.15, -0.1) is 0 Å². The van der Waals surface area contributed by atoms with Gasteiger partial charge in [0.1, 0.15) is 6.79 Å². The molecule has 0 fully saturated rings. The van der Waals surface area contributed by atoms with Crippen LogP contribution in [0.25, 0.3) is 0 Å². The van der Waals surface area contributed by atoms with Crippen molar-refractivity contribution in [3.8, 4) is 0 Å². The number of rotatable bonds is 17. The van der Waals surface area contributed by atoms with Gasteiger partial charge in [0.25, 0.3) is 0 Å². The molecule has 0 atom stereocenters. The lowest BCUT2D eigenvalue weighted by atomic mass is 10.1. The van der Waals surface area contributed by atoms with Gasteiger partial charge in [0, 0.05) is 20.1 Å². The molecule has 5 nitrogen and oxygen atoms in total. The number of carboxylic acids is 1. The molecule has 126 valence electrons. The molecule has 0 bridgehead atoms. The molecule has 0 aliphatic carbocycles. The number of unbranched alkanes of at least 4 members (excludes halogenated alkanes) is 8. The molecule has 0 heterocycles. The maximum absolute atomic E-state index is 10.3. The van der Waals surface area contributed by atoms with E-state index in [1.807, 2.05) is 0 Å². The number of methoxy groups -OCH3 is 1. The molecule has 0 aromatic heterocycles. The van der Waals surface area contributed by atoms with Crippen LogP contribution in [0.3, 0.4) is 0 Å². The summed E-state index contributed by atoms with van der Waals surface area (Å²) in [5.74, 6) is -0.679. The second kappa shape index (κ2) is 17.4. The van der Waals surface area contributed by atoms with E-state index in [1.165, 1.54) is 32.1 Å². The first-order chi connectivity index (χ1) is 10.3. The van der Waals surface area contributed by atoms with Gasteiger partial charge in [0.05, 0.1) is 13.2 Å². The molecule has 0 aliphatic rings. The third-order valence-corrected chi connectivity index (χ3v) is 3.28. The van der Waals surface area contributed by atoms with Crippen molar-refractivity contribution < 1.29 is 24.1 Å². The van der Waals surface area contributed by atoms with Crippen molar-refractivity contribution >= 4 is 5.97 Å². The molecule has 0 saturated heterocycles. The Bertz CT molecular complexity index is 221. The van der Waals surface area contributed by atoms with Crippen molar-refractivity contribution in [2.75, 3.05) is 33.7 Å². The average molecular weight is 304 g/mol. The quantitative estimate of drug-likeness (QED) is 0.328. The van der Waals surface area contributed by atoms with E-state index in [2.05, 4.69) is 0 Å². The first-order valence-corrected chi connectivity index (χ1v) is 8.13. The molecule has 0 unspecified atom stereocenters. The monoisotopic (exact) mass is 304 g/mol. The fraction of sp³-hybridized carbons (Fsp3) is 0.938. The number of aliphatic carboxylic acids is 1. The van der Waals surface area contributed by atoms with Crippen LogP contribution >= 0.6 is 0 Å². The van der Waals surface area contributed by atoms with Gasteiger partial charge in [-0.05, 0) is 12.8 Å². The van der Waals surface area contributed by atoms with Crippen molar-refractivity contribution in [2.24, 2.45) is 0 Å². The third-order valence-electron chi connectivity index (χ3n) is 3.28. The summed E-state index contributed by atoms with van der Waals surface area (Å²) in [5.41, 5.74) is 0. The number of ether oxygens (including phenoxy) is 3. The van der Waals surface area contributed by atoms with E-state index in [0.29, 0.717) is 26.4 Å². The fourth-order valence-corrected chi connectivity index (χ4v) is 2.04. The second-order valence-corrected chi connectivity index (χ2v) is 5.25. The lowest BCUT2D eigenvalue weighted by Gasteiger charge is -2.05. The lowest BCUT2D eigenvalue weighted by molar-refractivity contribution is -0.137. The Balaban J connectivity index is 2.95. The van der Waals surface area contributed by atoms with Gasteiger partial charge in [-0.1, -0.05) is 44.9 Å². The zero-order valence-electron chi connectivity index (χ0n) is 13.5. The van der Waals surface area contributed by atoms with E-state index in [9.17, 15) is 4.79 Å². The summed E-state index contributed by atoms with van der Waals surface area (Å²) in [6.45, 7) is 2.32. The van der Waals surface area contributed by atoms with E-state index in [4.69, 9.17) is 19.3 Å². The summed E-state index contributed by atoms with van der Waals surface area (Å²) in [5, 5.41) is 8.51. The van der Waals surface area contributed by atoms with Crippen molar-refractivity contribution in [1.82, 2.24) is 0 Å². The molecule has 0 aromatic rings.